The number of hydrogen-bond donors (Lipinski definition) is 1. The first kappa shape index (κ1) is 17.6. The second-order valence-corrected chi connectivity index (χ2v) is 7.17. The molecular weight excluding hydrogens is 425 g/mol. The molecule has 0 spiro atoms. The van der Waals surface area contributed by atoms with E-state index >= 15 is 0 Å². The van der Waals surface area contributed by atoms with Gasteiger partial charge in [-0.2, -0.15) is 5.26 Å². The lowest BCUT2D eigenvalue weighted by molar-refractivity contribution is 0.628. The van der Waals surface area contributed by atoms with Crippen LogP contribution in [0.3, 0.4) is 0 Å². The van der Waals surface area contributed by atoms with E-state index in [0.717, 1.165) is 15.7 Å². The smallest absolute Gasteiger partial charge is 0.141 e. The van der Waals surface area contributed by atoms with Gasteiger partial charge in [0.05, 0.1) is 10.7 Å². The maximum absolute atomic E-state index is 13.2. The number of nitrogens with one attached hydrogen (secondary N) is 1. The summed E-state index contributed by atoms with van der Waals surface area (Å²) >= 11 is 10.6. The largest absolute Gasteiger partial charge is 0.360 e. The maximum atomic E-state index is 13.2. The van der Waals surface area contributed by atoms with Crippen molar-refractivity contribution in [2.24, 2.45) is 0 Å². The van der Waals surface area contributed by atoms with Crippen LogP contribution in [0.1, 0.15) is 5.01 Å². The second-order valence-electron chi connectivity index (χ2n) is 4.99. The average Bonchev–Trinajstić information content (AvgIpc) is 3.08. The second kappa shape index (κ2) is 7.79. The number of allylic oxidation sites excluding steroid dienone is 1. The first-order chi connectivity index (χ1) is 12.1. The Balaban J connectivity index is 1.84. The highest BCUT2D eigenvalue weighted by molar-refractivity contribution is 9.10. The topological polar surface area (TPSA) is 48.7 Å². The van der Waals surface area contributed by atoms with Crippen molar-refractivity contribution in [3.63, 3.8) is 0 Å². The Hall–Kier alpha value is -2.20. The maximum Gasteiger partial charge on any atom is 0.141 e. The monoisotopic (exact) mass is 433 g/mol. The molecule has 1 N–H and O–H groups in total. The third kappa shape index (κ3) is 4.26. The highest BCUT2D eigenvalue weighted by atomic mass is 79.9. The van der Waals surface area contributed by atoms with Crippen LogP contribution in [0.5, 0.6) is 0 Å². The summed E-state index contributed by atoms with van der Waals surface area (Å²) in [5, 5.41) is 14.9. The molecule has 3 aromatic rings. The van der Waals surface area contributed by atoms with Crippen molar-refractivity contribution in [2.45, 2.75) is 0 Å². The highest BCUT2D eigenvalue weighted by Gasteiger charge is 2.09. The van der Waals surface area contributed by atoms with Crippen molar-refractivity contribution in [3.05, 3.63) is 74.4 Å². The van der Waals surface area contributed by atoms with Gasteiger partial charge in [-0.15, -0.1) is 11.3 Å². The van der Waals surface area contributed by atoms with Crippen LogP contribution < -0.4 is 5.32 Å². The lowest BCUT2D eigenvalue weighted by atomic mass is 10.2. The van der Waals surface area contributed by atoms with Crippen LogP contribution in [0.2, 0.25) is 5.02 Å². The van der Waals surface area contributed by atoms with Gasteiger partial charge in [0.25, 0.3) is 0 Å². The van der Waals surface area contributed by atoms with Crippen LogP contribution in [-0.4, -0.2) is 4.98 Å². The van der Waals surface area contributed by atoms with Crippen LogP contribution in [0, 0.1) is 17.1 Å². The van der Waals surface area contributed by atoms with Crippen molar-refractivity contribution in [1.82, 2.24) is 4.98 Å². The van der Waals surface area contributed by atoms with Gasteiger partial charge in [-0.3, -0.25) is 0 Å². The van der Waals surface area contributed by atoms with Crippen molar-refractivity contribution in [1.29, 1.82) is 5.26 Å². The summed E-state index contributed by atoms with van der Waals surface area (Å²) in [6.45, 7) is 0. The summed E-state index contributed by atoms with van der Waals surface area (Å²) in [4.78, 5) is 4.52. The molecule has 0 fully saturated rings. The quantitative estimate of drug-likeness (QED) is 0.487. The molecule has 0 saturated heterocycles. The number of nitriles is 1. The van der Waals surface area contributed by atoms with Gasteiger partial charge in [-0.05, 0) is 30.3 Å². The Bertz CT molecular complexity index is 994. The van der Waals surface area contributed by atoms with E-state index in [4.69, 9.17) is 11.6 Å². The Kier molecular flexibility index (Phi) is 5.49. The summed E-state index contributed by atoms with van der Waals surface area (Å²) in [5.41, 5.74) is 2.73. The molecule has 1 heterocycles. The van der Waals surface area contributed by atoms with E-state index in [9.17, 15) is 9.65 Å². The van der Waals surface area contributed by atoms with E-state index in [1.165, 1.54) is 29.7 Å². The molecule has 3 rings (SSSR count). The summed E-state index contributed by atoms with van der Waals surface area (Å²) in [5.74, 6) is -0.490. The first-order valence-corrected chi connectivity index (χ1v) is 9.15. The van der Waals surface area contributed by atoms with Gasteiger partial charge in [-0.1, -0.05) is 39.7 Å². The molecule has 3 nitrogen and oxygen atoms in total. The molecule has 0 bridgehead atoms. The molecule has 0 atom stereocenters. The predicted octanol–water partition coefficient (Wildman–Crippen LogP) is 6.34. The SMILES string of the molecule is N#C/C(=C\Nc1ccc(F)c(Cl)c1)c1nc(-c2cccc(Br)c2)cs1. The van der Waals surface area contributed by atoms with E-state index in [-0.39, 0.29) is 5.02 Å². The van der Waals surface area contributed by atoms with Crippen LogP contribution in [-0.2, 0) is 0 Å². The number of rotatable bonds is 4. The summed E-state index contributed by atoms with van der Waals surface area (Å²) in [7, 11) is 0. The fourth-order valence-electron chi connectivity index (χ4n) is 2.06. The number of halogens is 3. The normalized spacial score (nSPS) is 11.2. The van der Waals surface area contributed by atoms with Crippen LogP contribution in [0.25, 0.3) is 16.8 Å². The van der Waals surface area contributed by atoms with Crippen molar-refractivity contribution in [3.8, 4) is 17.3 Å². The molecule has 0 aliphatic heterocycles. The Morgan fingerprint density at radius 3 is 2.88 bits per heavy atom. The molecule has 124 valence electrons. The molecule has 25 heavy (non-hydrogen) atoms. The average molecular weight is 435 g/mol. The number of benzene rings is 2. The standard InChI is InChI=1S/C18H10BrClFN3S/c19-13-3-1-2-11(6-13)17-10-25-18(24-17)12(8-22)9-23-14-4-5-16(21)15(20)7-14/h1-7,9-10,23H/b12-9+. The van der Waals surface area contributed by atoms with Gasteiger partial charge in [0.2, 0.25) is 0 Å². The van der Waals surface area contributed by atoms with Gasteiger partial charge < -0.3 is 5.32 Å². The fraction of sp³-hybridized carbons (Fsp3) is 0. The molecular formula is C18H10BrClFN3S. The highest BCUT2D eigenvalue weighted by Crippen LogP contribution is 2.28. The third-order valence-electron chi connectivity index (χ3n) is 3.28. The number of thiazole rings is 1. The summed E-state index contributed by atoms with van der Waals surface area (Å²) < 4.78 is 14.1. The summed E-state index contributed by atoms with van der Waals surface area (Å²) in [6.07, 6.45) is 1.53. The molecule has 0 aliphatic rings. The van der Waals surface area contributed by atoms with Crippen LogP contribution >= 0.6 is 38.9 Å². The van der Waals surface area contributed by atoms with Crippen molar-refractivity contribution >= 4 is 50.1 Å². The van der Waals surface area contributed by atoms with E-state index in [1.54, 1.807) is 6.07 Å². The minimum absolute atomic E-state index is 0.0168. The van der Waals surface area contributed by atoms with Gasteiger partial charge >= 0.3 is 0 Å². The number of hydrogen-bond acceptors (Lipinski definition) is 4. The number of anilines is 1. The lowest BCUT2D eigenvalue weighted by Crippen LogP contribution is -1.92. The Labute approximate surface area is 161 Å². The van der Waals surface area contributed by atoms with E-state index in [0.29, 0.717) is 16.3 Å². The molecule has 0 amide bonds. The molecule has 2 aromatic carbocycles. The van der Waals surface area contributed by atoms with E-state index in [2.05, 4.69) is 32.3 Å². The van der Waals surface area contributed by atoms with Gasteiger partial charge in [0.1, 0.15) is 22.5 Å². The van der Waals surface area contributed by atoms with Crippen molar-refractivity contribution in [2.75, 3.05) is 5.32 Å². The van der Waals surface area contributed by atoms with Gasteiger partial charge in [0.15, 0.2) is 0 Å². The zero-order chi connectivity index (χ0) is 17.8. The van der Waals surface area contributed by atoms with Crippen LogP contribution in [0.15, 0.2) is 58.5 Å². The number of nitrogens with zero attached hydrogens (tertiary/aromatic N) is 2. The third-order valence-corrected chi connectivity index (χ3v) is 4.94. The summed E-state index contributed by atoms with van der Waals surface area (Å²) in [6, 6.07) is 14.2. The Morgan fingerprint density at radius 1 is 1.32 bits per heavy atom. The molecule has 1 aromatic heterocycles. The zero-order valence-corrected chi connectivity index (χ0v) is 15.8. The predicted molar refractivity (Wildman–Crippen MR) is 104 cm³/mol. The molecule has 0 radical (unpaired) electrons. The molecule has 0 saturated carbocycles. The molecule has 0 unspecified atom stereocenters. The van der Waals surface area contributed by atoms with Crippen molar-refractivity contribution < 1.29 is 4.39 Å². The molecule has 7 heteroatoms. The van der Waals surface area contributed by atoms with E-state index in [1.807, 2.05) is 29.6 Å². The van der Waals surface area contributed by atoms with Gasteiger partial charge in [0, 0.05) is 27.3 Å². The number of aromatic nitrogens is 1. The van der Waals surface area contributed by atoms with Gasteiger partial charge in [-0.25, -0.2) is 9.37 Å². The minimum Gasteiger partial charge on any atom is -0.360 e. The molecule has 0 aliphatic carbocycles. The van der Waals surface area contributed by atoms with E-state index < -0.39 is 5.82 Å². The minimum atomic E-state index is -0.490. The zero-order valence-electron chi connectivity index (χ0n) is 12.6. The Morgan fingerprint density at radius 2 is 2.16 bits per heavy atom. The fourth-order valence-corrected chi connectivity index (χ4v) is 3.44. The lowest BCUT2D eigenvalue weighted by Gasteiger charge is -2.02. The van der Waals surface area contributed by atoms with Crippen LogP contribution in [0.4, 0.5) is 10.1 Å². The first-order valence-electron chi connectivity index (χ1n) is 7.10.